The lowest BCUT2D eigenvalue weighted by Crippen LogP contribution is -2.20. The number of anilines is 1. The number of phenolic OH excluding ortho intramolecular Hbond substituents is 1. The summed E-state index contributed by atoms with van der Waals surface area (Å²) in [6.45, 7) is 5.30. The van der Waals surface area contributed by atoms with E-state index in [4.69, 9.17) is 0 Å². The third kappa shape index (κ3) is 3.39. The number of benzene rings is 1. The summed E-state index contributed by atoms with van der Waals surface area (Å²) in [5.74, 6) is 2.05. The van der Waals surface area contributed by atoms with Gasteiger partial charge in [-0.3, -0.25) is 0 Å². The Morgan fingerprint density at radius 3 is 2.88 bits per heavy atom. The molecule has 0 aromatic heterocycles. The number of nitrogens with one attached hydrogen (secondary N) is 1. The number of aryl methyl sites for hydroxylation is 1. The van der Waals surface area contributed by atoms with Crippen molar-refractivity contribution in [3.63, 3.8) is 0 Å². The summed E-state index contributed by atoms with van der Waals surface area (Å²) in [5, 5.41) is 13.1. The average Bonchev–Trinajstić information content (AvgIpc) is 2.31. The molecular formula is C15H23NO. The highest BCUT2D eigenvalue weighted by molar-refractivity contribution is 5.50. The zero-order valence-electron chi connectivity index (χ0n) is 10.9. The van der Waals surface area contributed by atoms with Crippen molar-refractivity contribution in [2.45, 2.75) is 39.5 Å². The van der Waals surface area contributed by atoms with E-state index in [1.807, 2.05) is 25.1 Å². The fraction of sp³-hybridized carbons (Fsp3) is 0.600. The van der Waals surface area contributed by atoms with Crippen LogP contribution in [0.4, 0.5) is 5.69 Å². The standard InChI is InChI=1S/C15H23NO/c1-11-4-3-5-13(8-11)10-16-14-7-6-12(2)15(17)9-14/h6-7,9,11,13,16-17H,3-5,8,10H2,1-2H3. The fourth-order valence-corrected chi connectivity index (χ4v) is 2.73. The molecule has 0 radical (unpaired) electrons. The Morgan fingerprint density at radius 1 is 1.35 bits per heavy atom. The van der Waals surface area contributed by atoms with E-state index in [0.29, 0.717) is 5.75 Å². The summed E-state index contributed by atoms with van der Waals surface area (Å²) in [7, 11) is 0. The van der Waals surface area contributed by atoms with E-state index >= 15 is 0 Å². The SMILES string of the molecule is Cc1ccc(NCC2CCCC(C)C2)cc1O. The first-order valence-corrected chi connectivity index (χ1v) is 6.68. The smallest absolute Gasteiger partial charge is 0.120 e. The zero-order valence-corrected chi connectivity index (χ0v) is 10.9. The van der Waals surface area contributed by atoms with E-state index in [1.54, 1.807) is 0 Å². The van der Waals surface area contributed by atoms with Gasteiger partial charge >= 0.3 is 0 Å². The monoisotopic (exact) mass is 233 g/mol. The summed E-state index contributed by atoms with van der Waals surface area (Å²) in [6.07, 6.45) is 5.44. The molecule has 1 aliphatic rings. The Balaban J connectivity index is 1.86. The van der Waals surface area contributed by atoms with Crippen LogP contribution in [0.2, 0.25) is 0 Å². The second-order valence-corrected chi connectivity index (χ2v) is 5.52. The molecule has 2 N–H and O–H groups in total. The van der Waals surface area contributed by atoms with Crippen molar-refractivity contribution in [1.29, 1.82) is 0 Å². The molecule has 0 amide bonds. The molecule has 2 rings (SSSR count). The number of rotatable bonds is 3. The lowest BCUT2D eigenvalue weighted by atomic mass is 9.82. The maximum Gasteiger partial charge on any atom is 0.120 e. The van der Waals surface area contributed by atoms with E-state index in [2.05, 4.69) is 12.2 Å². The van der Waals surface area contributed by atoms with Crippen LogP contribution in [0.5, 0.6) is 5.75 Å². The predicted octanol–water partition coefficient (Wildman–Crippen LogP) is 3.94. The van der Waals surface area contributed by atoms with Gasteiger partial charge in [0.25, 0.3) is 0 Å². The van der Waals surface area contributed by atoms with Gasteiger partial charge in [-0.25, -0.2) is 0 Å². The summed E-state index contributed by atoms with van der Waals surface area (Å²) in [4.78, 5) is 0. The van der Waals surface area contributed by atoms with Gasteiger partial charge in [0, 0.05) is 18.3 Å². The highest BCUT2D eigenvalue weighted by Crippen LogP contribution is 2.29. The summed E-state index contributed by atoms with van der Waals surface area (Å²) in [5.41, 5.74) is 1.97. The Morgan fingerprint density at radius 2 is 2.18 bits per heavy atom. The van der Waals surface area contributed by atoms with Gasteiger partial charge in [-0.15, -0.1) is 0 Å². The van der Waals surface area contributed by atoms with Crippen molar-refractivity contribution in [1.82, 2.24) is 0 Å². The molecule has 1 fully saturated rings. The maximum atomic E-state index is 9.64. The minimum atomic E-state index is 0.381. The maximum absolute atomic E-state index is 9.64. The van der Waals surface area contributed by atoms with Crippen LogP contribution in [0.1, 0.15) is 38.2 Å². The topological polar surface area (TPSA) is 32.3 Å². The van der Waals surface area contributed by atoms with Crippen molar-refractivity contribution >= 4 is 5.69 Å². The van der Waals surface area contributed by atoms with Gasteiger partial charge in [0.2, 0.25) is 0 Å². The molecule has 0 heterocycles. The predicted molar refractivity (Wildman–Crippen MR) is 72.5 cm³/mol. The van der Waals surface area contributed by atoms with E-state index < -0.39 is 0 Å². The molecule has 1 saturated carbocycles. The number of hydrogen-bond acceptors (Lipinski definition) is 2. The summed E-state index contributed by atoms with van der Waals surface area (Å²) >= 11 is 0. The quantitative estimate of drug-likeness (QED) is 0.828. The first-order valence-electron chi connectivity index (χ1n) is 6.68. The molecule has 0 aliphatic heterocycles. The van der Waals surface area contributed by atoms with E-state index in [9.17, 15) is 5.11 Å². The average molecular weight is 233 g/mol. The second-order valence-electron chi connectivity index (χ2n) is 5.52. The Hall–Kier alpha value is -1.18. The van der Waals surface area contributed by atoms with Crippen molar-refractivity contribution < 1.29 is 5.11 Å². The van der Waals surface area contributed by atoms with Crippen LogP contribution in [0.25, 0.3) is 0 Å². The Bertz CT molecular complexity index is 375. The molecular weight excluding hydrogens is 210 g/mol. The van der Waals surface area contributed by atoms with Crippen molar-refractivity contribution in [2.75, 3.05) is 11.9 Å². The van der Waals surface area contributed by atoms with Crippen molar-refractivity contribution in [3.05, 3.63) is 23.8 Å². The van der Waals surface area contributed by atoms with Gasteiger partial charge < -0.3 is 10.4 Å². The normalized spacial score (nSPS) is 24.6. The zero-order chi connectivity index (χ0) is 12.3. The lowest BCUT2D eigenvalue weighted by Gasteiger charge is -2.27. The summed E-state index contributed by atoms with van der Waals surface area (Å²) < 4.78 is 0. The first-order chi connectivity index (χ1) is 8.15. The van der Waals surface area contributed by atoms with Crippen LogP contribution in [-0.4, -0.2) is 11.7 Å². The third-order valence-corrected chi connectivity index (χ3v) is 3.85. The highest BCUT2D eigenvalue weighted by Gasteiger charge is 2.18. The fourth-order valence-electron chi connectivity index (χ4n) is 2.73. The molecule has 2 heteroatoms. The second kappa shape index (κ2) is 5.44. The molecule has 0 bridgehead atoms. The largest absolute Gasteiger partial charge is 0.508 e. The lowest BCUT2D eigenvalue weighted by molar-refractivity contribution is 0.293. The van der Waals surface area contributed by atoms with E-state index in [-0.39, 0.29) is 0 Å². The molecule has 1 aromatic carbocycles. The third-order valence-electron chi connectivity index (χ3n) is 3.85. The minimum Gasteiger partial charge on any atom is -0.508 e. The number of hydrogen-bond donors (Lipinski definition) is 2. The van der Waals surface area contributed by atoms with Crippen LogP contribution in [0, 0.1) is 18.8 Å². The van der Waals surface area contributed by atoms with Crippen LogP contribution in [0.3, 0.4) is 0 Å². The van der Waals surface area contributed by atoms with Crippen molar-refractivity contribution in [3.8, 4) is 5.75 Å². The number of phenols is 1. The van der Waals surface area contributed by atoms with Gasteiger partial charge in [0.1, 0.15) is 5.75 Å². The van der Waals surface area contributed by atoms with Gasteiger partial charge in [-0.05, 0) is 43.2 Å². The molecule has 2 nitrogen and oxygen atoms in total. The van der Waals surface area contributed by atoms with Crippen LogP contribution < -0.4 is 5.32 Å². The molecule has 2 atom stereocenters. The molecule has 2 unspecified atom stereocenters. The molecule has 0 spiro atoms. The first kappa shape index (κ1) is 12.3. The van der Waals surface area contributed by atoms with Gasteiger partial charge in [0.15, 0.2) is 0 Å². The molecule has 1 aliphatic carbocycles. The molecule has 94 valence electrons. The molecule has 0 saturated heterocycles. The van der Waals surface area contributed by atoms with Crippen LogP contribution in [0.15, 0.2) is 18.2 Å². The Kier molecular flexibility index (Phi) is 3.93. The highest BCUT2D eigenvalue weighted by atomic mass is 16.3. The molecule has 17 heavy (non-hydrogen) atoms. The van der Waals surface area contributed by atoms with E-state index in [1.165, 1.54) is 25.7 Å². The summed E-state index contributed by atoms with van der Waals surface area (Å²) in [6, 6.07) is 5.82. The van der Waals surface area contributed by atoms with Crippen LogP contribution >= 0.6 is 0 Å². The van der Waals surface area contributed by atoms with Crippen LogP contribution in [-0.2, 0) is 0 Å². The minimum absolute atomic E-state index is 0.381. The van der Waals surface area contributed by atoms with Gasteiger partial charge in [0.05, 0.1) is 0 Å². The number of aromatic hydroxyl groups is 1. The van der Waals surface area contributed by atoms with Crippen molar-refractivity contribution in [2.24, 2.45) is 11.8 Å². The van der Waals surface area contributed by atoms with E-state index in [0.717, 1.165) is 29.6 Å². The molecule has 1 aromatic rings. The van der Waals surface area contributed by atoms with Gasteiger partial charge in [-0.2, -0.15) is 0 Å². The van der Waals surface area contributed by atoms with Gasteiger partial charge in [-0.1, -0.05) is 25.8 Å². The Labute approximate surface area is 104 Å².